The number of hydrogen-bond donors (Lipinski definition) is 2. The molecular weight excluding hydrogens is 186 g/mol. The zero-order valence-corrected chi connectivity index (χ0v) is 7.96. The fourth-order valence-corrected chi connectivity index (χ4v) is 1.62. The van der Waals surface area contributed by atoms with Crippen molar-refractivity contribution >= 4 is 11.6 Å². The van der Waals surface area contributed by atoms with E-state index in [0.717, 1.165) is 5.56 Å². The molecule has 1 aliphatic carbocycles. The SMILES string of the molecule is NNC(c1ccc(Cl)nc1)C1CC1. The molecule has 1 fully saturated rings. The smallest absolute Gasteiger partial charge is 0.129 e. The van der Waals surface area contributed by atoms with E-state index < -0.39 is 0 Å². The van der Waals surface area contributed by atoms with Gasteiger partial charge in [0.15, 0.2) is 0 Å². The number of rotatable bonds is 3. The van der Waals surface area contributed by atoms with Crippen molar-refractivity contribution in [1.82, 2.24) is 10.4 Å². The molecule has 1 atom stereocenters. The zero-order chi connectivity index (χ0) is 9.26. The minimum atomic E-state index is 0.241. The summed E-state index contributed by atoms with van der Waals surface area (Å²) in [5, 5.41) is 0.523. The van der Waals surface area contributed by atoms with E-state index in [-0.39, 0.29) is 6.04 Å². The van der Waals surface area contributed by atoms with Crippen LogP contribution < -0.4 is 11.3 Å². The molecule has 1 aliphatic rings. The maximum absolute atomic E-state index is 5.69. The van der Waals surface area contributed by atoms with Crippen molar-refractivity contribution in [2.75, 3.05) is 0 Å². The Morgan fingerprint density at radius 1 is 1.54 bits per heavy atom. The Balaban J connectivity index is 2.17. The summed E-state index contributed by atoms with van der Waals surface area (Å²) in [6.07, 6.45) is 4.28. The van der Waals surface area contributed by atoms with Gasteiger partial charge in [-0.05, 0) is 30.4 Å². The monoisotopic (exact) mass is 197 g/mol. The van der Waals surface area contributed by atoms with Crippen LogP contribution in [0.3, 0.4) is 0 Å². The van der Waals surface area contributed by atoms with Gasteiger partial charge in [0, 0.05) is 6.20 Å². The van der Waals surface area contributed by atoms with Crippen LogP contribution in [0.1, 0.15) is 24.4 Å². The molecule has 0 bridgehead atoms. The van der Waals surface area contributed by atoms with Crippen molar-refractivity contribution in [3.8, 4) is 0 Å². The minimum absolute atomic E-state index is 0.241. The molecule has 0 radical (unpaired) electrons. The molecule has 0 saturated heterocycles. The van der Waals surface area contributed by atoms with Crippen LogP contribution >= 0.6 is 11.6 Å². The van der Waals surface area contributed by atoms with E-state index >= 15 is 0 Å². The van der Waals surface area contributed by atoms with E-state index in [1.807, 2.05) is 6.07 Å². The van der Waals surface area contributed by atoms with Crippen LogP contribution in [0.25, 0.3) is 0 Å². The topological polar surface area (TPSA) is 50.9 Å². The van der Waals surface area contributed by atoms with E-state index in [0.29, 0.717) is 11.1 Å². The summed E-state index contributed by atoms with van der Waals surface area (Å²) < 4.78 is 0. The highest BCUT2D eigenvalue weighted by atomic mass is 35.5. The molecule has 1 heterocycles. The lowest BCUT2D eigenvalue weighted by molar-refractivity contribution is 0.495. The van der Waals surface area contributed by atoms with E-state index in [1.165, 1.54) is 12.8 Å². The fourth-order valence-electron chi connectivity index (χ4n) is 1.51. The Bertz CT molecular complexity index is 281. The summed E-state index contributed by atoms with van der Waals surface area (Å²) in [5.41, 5.74) is 3.94. The van der Waals surface area contributed by atoms with Crippen LogP contribution in [0.15, 0.2) is 18.3 Å². The molecule has 0 spiro atoms. The summed E-state index contributed by atoms with van der Waals surface area (Å²) in [6, 6.07) is 4.01. The van der Waals surface area contributed by atoms with Gasteiger partial charge in [0.05, 0.1) is 6.04 Å². The molecule has 0 amide bonds. The highest BCUT2D eigenvalue weighted by molar-refractivity contribution is 6.29. The summed E-state index contributed by atoms with van der Waals surface area (Å²) >= 11 is 5.69. The van der Waals surface area contributed by atoms with Crippen molar-refractivity contribution in [2.24, 2.45) is 11.8 Å². The number of hydrogen-bond acceptors (Lipinski definition) is 3. The van der Waals surface area contributed by atoms with Gasteiger partial charge in [-0.15, -0.1) is 0 Å². The number of aromatic nitrogens is 1. The van der Waals surface area contributed by atoms with E-state index in [9.17, 15) is 0 Å². The van der Waals surface area contributed by atoms with Gasteiger partial charge in [-0.3, -0.25) is 11.3 Å². The lowest BCUT2D eigenvalue weighted by Crippen LogP contribution is -2.29. The largest absolute Gasteiger partial charge is 0.271 e. The number of halogens is 1. The zero-order valence-electron chi connectivity index (χ0n) is 7.20. The van der Waals surface area contributed by atoms with Crippen molar-refractivity contribution in [1.29, 1.82) is 0 Å². The number of nitrogens with one attached hydrogen (secondary N) is 1. The van der Waals surface area contributed by atoms with Gasteiger partial charge in [-0.2, -0.15) is 0 Å². The molecule has 1 saturated carbocycles. The first kappa shape index (κ1) is 8.94. The average Bonchev–Trinajstić information content (AvgIpc) is 2.93. The maximum atomic E-state index is 5.69. The van der Waals surface area contributed by atoms with Crippen molar-refractivity contribution in [3.63, 3.8) is 0 Å². The van der Waals surface area contributed by atoms with E-state index in [4.69, 9.17) is 17.4 Å². The molecule has 0 aromatic carbocycles. The van der Waals surface area contributed by atoms with Gasteiger partial charge in [0.25, 0.3) is 0 Å². The first-order valence-corrected chi connectivity index (χ1v) is 4.76. The van der Waals surface area contributed by atoms with Gasteiger partial charge in [-0.1, -0.05) is 17.7 Å². The Morgan fingerprint density at radius 2 is 2.31 bits per heavy atom. The Hall–Kier alpha value is -0.640. The van der Waals surface area contributed by atoms with Crippen LogP contribution in [0.2, 0.25) is 5.15 Å². The molecule has 1 aromatic heterocycles. The Kier molecular flexibility index (Phi) is 2.49. The number of hydrazine groups is 1. The summed E-state index contributed by atoms with van der Waals surface area (Å²) in [5.74, 6) is 6.15. The number of nitrogens with zero attached hydrogens (tertiary/aromatic N) is 1. The van der Waals surface area contributed by atoms with Crippen LogP contribution in [0.5, 0.6) is 0 Å². The second-order valence-corrected chi connectivity index (χ2v) is 3.78. The lowest BCUT2D eigenvalue weighted by Gasteiger charge is -2.14. The van der Waals surface area contributed by atoms with Crippen LogP contribution in [-0.4, -0.2) is 4.98 Å². The molecular formula is C9H12ClN3. The molecule has 3 nitrogen and oxygen atoms in total. The molecule has 3 N–H and O–H groups in total. The highest BCUT2D eigenvalue weighted by Crippen LogP contribution is 2.40. The van der Waals surface area contributed by atoms with E-state index in [1.54, 1.807) is 12.3 Å². The van der Waals surface area contributed by atoms with Crippen LogP contribution in [-0.2, 0) is 0 Å². The summed E-state index contributed by atoms with van der Waals surface area (Å²) in [6.45, 7) is 0. The van der Waals surface area contributed by atoms with E-state index in [2.05, 4.69) is 10.4 Å². The molecule has 13 heavy (non-hydrogen) atoms. The molecule has 1 unspecified atom stereocenters. The van der Waals surface area contributed by atoms with Gasteiger partial charge >= 0.3 is 0 Å². The first-order valence-electron chi connectivity index (χ1n) is 4.39. The van der Waals surface area contributed by atoms with Crippen molar-refractivity contribution < 1.29 is 0 Å². The third kappa shape index (κ3) is 1.99. The normalized spacial score (nSPS) is 18.6. The molecule has 70 valence electrons. The van der Waals surface area contributed by atoms with Gasteiger partial charge in [0.1, 0.15) is 5.15 Å². The average molecular weight is 198 g/mol. The predicted molar refractivity (Wildman–Crippen MR) is 52.0 cm³/mol. The molecule has 4 heteroatoms. The third-order valence-electron chi connectivity index (χ3n) is 2.38. The second-order valence-electron chi connectivity index (χ2n) is 3.40. The molecule has 2 rings (SSSR count). The Morgan fingerprint density at radius 3 is 2.77 bits per heavy atom. The molecule has 0 aliphatic heterocycles. The molecule has 1 aromatic rings. The van der Waals surface area contributed by atoms with Gasteiger partial charge in [0.2, 0.25) is 0 Å². The number of pyridine rings is 1. The summed E-state index contributed by atoms with van der Waals surface area (Å²) in [7, 11) is 0. The van der Waals surface area contributed by atoms with Crippen LogP contribution in [0, 0.1) is 5.92 Å². The number of nitrogens with two attached hydrogens (primary N) is 1. The predicted octanol–water partition coefficient (Wildman–Crippen LogP) is 1.65. The van der Waals surface area contributed by atoms with Crippen molar-refractivity contribution in [2.45, 2.75) is 18.9 Å². The fraction of sp³-hybridized carbons (Fsp3) is 0.444. The van der Waals surface area contributed by atoms with Crippen molar-refractivity contribution in [3.05, 3.63) is 29.0 Å². The highest BCUT2D eigenvalue weighted by Gasteiger charge is 2.31. The third-order valence-corrected chi connectivity index (χ3v) is 2.61. The standard InChI is InChI=1S/C9H12ClN3/c10-8-4-3-7(5-12-8)9(13-11)6-1-2-6/h3-6,9,13H,1-2,11H2. The van der Waals surface area contributed by atoms with Crippen LogP contribution in [0.4, 0.5) is 0 Å². The quantitative estimate of drug-likeness (QED) is 0.440. The van der Waals surface area contributed by atoms with Gasteiger partial charge in [-0.25, -0.2) is 4.98 Å². The summed E-state index contributed by atoms with van der Waals surface area (Å²) in [4.78, 5) is 4.03. The minimum Gasteiger partial charge on any atom is -0.271 e. The second kappa shape index (κ2) is 3.62. The first-order chi connectivity index (χ1) is 6.31. The van der Waals surface area contributed by atoms with Gasteiger partial charge < -0.3 is 0 Å². The lowest BCUT2D eigenvalue weighted by atomic mass is 10.1. The maximum Gasteiger partial charge on any atom is 0.129 e. The Labute approximate surface area is 82.3 Å².